The van der Waals surface area contributed by atoms with Crippen molar-refractivity contribution >= 4 is 28.6 Å². The summed E-state index contributed by atoms with van der Waals surface area (Å²) in [5, 5.41) is 0. The van der Waals surface area contributed by atoms with Crippen LogP contribution in [0.15, 0.2) is 36.7 Å². The smallest absolute Gasteiger partial charge is 0.358 e. The maximum Gasteiger partial charge on any atom is 0.358 e. The lowest BCUT2D eigenvalue weighted by atomic mass is 10.3. The molecule has 0 radical (unpaired) electrons. The number of benzene rings is 1. The van der Waals surface area contributed by atoms with Gasteiger partial charge in [-0.15, -0.1) is 0 Å². The number of halogens is 1. The van der Waals surface area contributed by atoms with Gasteiger partial charge in [-0.3, -0.25) is 0 Å². The second-order valence-corrected chi connectivity index (χ2v) is 4.54. The number of carbonyl (C=O) groups is 1. The molecule has 0 saturated carbocycles. The van der Waals surface area contributed by atoms with E-state index in [4.69, 9.17) is 4.74 Å². The van der Waals surface area contributed by atoms with Crippen LogP contribution in [-0.2, 0) is 4.74 Å². The Morgan fingerprint density at radius 1 is 1.28 bits per heavy atom. The van der Waals surface area contributed by atoms with Crippen molar-refractivity contribution in [2.24, 2.45) is 0 Å². The molecule has 0 N–H and O–H groups in total. The molecule has 0 bridgehead atoms. The third-order valence-corrected chi connectivity index (χ3v) is 2.71. The lowest BCUT2D eigenvalue weighted by Crippen LogP contribution is -2.04. The molecule has 0 saturated heterocycles. The van der Waals surface area contributed by atoms with Crippen LogP contribution in [0.3, 0.4) is 0 Å². The van der Waals surface area contributed by atoms with Crippen LogP contribution in [0.25, 0.3) is 0 Å². The number of ether oxygens (including phenoxy) is 2. The van der Waals surface area contributed by atoms with E-state index in [0.29, 0.717) is 11.6 Å². The second kappa shape index (κ2) is 5.76. The lowest BCUT2D eigenvalue weighted by Gasteiger charge is -2.04. The zero-order valence-electron chi connectivity index (χ0n) is 9.46. The molecular formula is C12H9IN2O3. The first-order chi connectivity index (χ1) is 8.69. The minimum Gasteiger partial charge on any atom is -0.464 e. The highest BCUT2D eigenvalue weighted by atomic mass is 127. The van der Waals surface area contributed by atoms with Crippen LogP contribution in [0.1, 0.15) is 10.5 Å². The number of aromatic nitrogens is 2. The molecule has 1 aromatic heterocycles. The number of esters is 1. The maximum absolute atomic E-state index is 11.2. The number of methoxy groups -OCH3 is 1. The SMILES string of the molecule is COC(=O)c1cnc(Oc2cccc(I)c2)cn1. The fourth-order valence-electron chi connectivity index (χ4n) is 1.23. The van der Waals surface area contributed by atoms with Gasteiger partial charge in [0.2, 0.25) is 5.88 Å². The van der Waals surface area contributed by atoms with Crippen molar-refractivity contribution in [3.05, 3.63) is 45.9 Å². The maximum atomic E-state index is 11.2. The van der Waals surface area contributed by atoms with Gasteiger partial charge >= 0.3 is 5.97 Å². The molecule has 2 rings (SSSR count). The Kier molecular flexibility index (Phi) is 4.08. The Morgan fingerprint density at radius 3 is 2.72 bits per heavy atom. The van der Waals surface area contributed by atoms with Gasteiger partial charge in [0.05, 0.1) is 19.5 Å². The van der Waals surface area contributed by atoms with E-state index < -0.39 is 5.97 Å². The van der Waals surface area contributed by atoms with Gasteiger partial charge in [0.15, 0.2) is 5.69 Å². The summed E-state index contributed by atoms with van der Waals surface area (Å²) >= 11 is 2.19. The average Bonchev–Trinajstić information content (AvgIpc) is 2.39. The van der Waals surface area contributed by atoms with E-state index in [2.05, 4.69) is 37.3 Å². The van der Waals surface area contributed by atoms with Crippen molar-refractivity contribution in [2.75, 3.05) is 7.11 Å². The zero-order chi connectivity index (χ0) is 13.0. The molecular weight excluding hydrogens is 347 g/mol. The van der Waals surface area contributed by atoms with Crippen molar-refractivity contribution in [1.29, 1.82) is 0 Å². The normalized spacial score (nSPS) is 9.89. The first kappa shape index (κ1) is 12.7. The third kappa shape index (κ3) is 3.16. The molecule has 0 fully saturated rings. The molecule has 0 spiro atoms. The minimum atomic E-state index is -0.525. The summed E-state index contributed by atoms with van der Waals surface area (Å²) in [4.78, 5) is 19.0. The second-order valence-electron chi connectivity index (χ2n) is 3.29. The predicted molar refractivity (Wildman–Crippen MR) is 72.6 cm³/mol. The van der Waals surface area contributed by atoms with Gasteiger partial charge in [-0.05, 0) is 40.8 Å². The van der Waals surface area contributed by atoms with Crippen LogP contribution in [-0.4, -0.2) is 23.0 Å². The molecule has 0 atom stereocenters. The summed E-state index contributed by atoms with van der Waals surface area (Å²) in [6, 6.07) is 7.53. The predicted octanol–water partition coefficient (Wildman–Crippen LogP) is 2.66. The third-order valence-electron chi connectivity index (χ3n) is 2.04. The molecule has 0 amide bonds. The fraction of sp³-hybridized carbons (Fsp3) is 0.0833. The van der Waals surface area contributed by atoms with Gasteiger partial charge in [-0.1, -0.05) is 6.07 Å². The van der Waals surface area contributed by atoms with Crippen LogP contribution < -0.4 is 4.74 Å². The summed E-state index contributed by atoms with van der Waals surface area (Å²) in [5.74, 6) is 0.468. The van der Waals surface area contributed by atoms with Gasteiger partial charge in [0.1, 0.15) is 5.75 Å². The minimum absolute atomic E-state index is 0.146. The van der Waals surface area contributed by atoms with Crippen molar-refractivity contribution in [3.8, 4) is 11.6 Å². The Hall–Kier alpha value is -1.70. The van der Waals surface area contributed by atoms with E-state index in [9.17, 15) is 4.79 Å². The molecule has 2 aromatic rings. The lowest BCUT2D eigenvalue weighted by molar-refractivity contribution is 0.0593. The molecule has 1 aromatic carbocycles. The first-order valence-electron chi connectivity index (χ1n) is 5.03. The van der Waals surface area contributed by atoms with Crippen molar-refractivity contribution < 1.29 is 14.3 Å². The van der Waals surface area contributed by atoms with Crippen LogP contribution >= 0.6 is 22.6 Å². The van der Waals surface area contributed by atoms with Crippen LogP contribution in [0.4, 0.5) is 0 Å². The topological polar surface area (TPSA) is 61.3 Å². The highest BCUT2D eigenvalue weighted by Crippen LogP contribution is 2.20. The molecule has 0 aliphatic rings. The molecule has 5 nitrogen and oxygen atoms in total. The number of rotatable bonds is 3. The first-order valence-corrected chi connectivity index (χ1v) is 6.10. The summed E-state index contributed by atoms with van der Waals surface area (Å²) in [7, 11) is 1.29. The highest BCUT2D eigenvalue weighted by molar-refractivity contribution is 14.1. The zero-order valence-corrected chi connectivity index (χ0v) is 11.6. The van der Waals surface area contributed by atoms with E-state index in [1.54, 1.807) is 0 Å². The highest BCUT2D eigenvalue weighted by Gasteiger charge is 2.08. The van der Waals surface area contributed by atoms with Gasteiger partial charge in [-0.25, -0.2) is 14.8 Å². The van der Waals surface area contributed by atoms with Crippen LogP contribution in [0, 0.1) is 3.57 Å². The fourth-order valence-corrected chi connectivity index (χ4v) is 1.74. The van der Waals surface area contributed by atoms with Gasteiger partial charge < -0.3 is 9.47 Å². The molecule has 18 heavy (non-hydrogen) atoms. The van der Waals surface area contributed by atoms with E-state index in [0.717, 1.165) is 3.57 Å². The molecule has 1 heterocycles. The van der Waals surface area contributed by atoms with Crippen LogP contribution in [0.5, 0.6) is 11.6 Å². The summed E-state index contributed by atoms with van der Waals surface area (Å²) in [6.07, 6.45) is 2.70. The van der Waals surface area contributed by atoms with E-state index in [-0.39, 0.29) is 5.69 Å². The number of carbonyl (C=O) groups excluding carboxylic acids is 1. The Bertz CT molecular complexity index is 558. The van der Waals surface area contributed by atoms with Gasteiger partial charge in [-0.2, -0.15) is 0 Å². The number of hydrogen-bond donors (Lipinski definition) is 0. The van der Waals surface area contributed by atoms with E-state index >= 15 is 0 Å². The number of nitrogens with zero attached hydrogens (tertiary/aromatic N) is 2. The average molecular weight is 356 g/mol. The van der Waals surface area contributed by atoms with Crippen molar-refractivity contribution in [1.82, 2.24) is 9.97 Å². The monoisotopic (exact) mass is 356 g/mol. The molecule has 6 heteroatoms. The molecule has 0 aliphatic carbocycles. The van der Waals surface area contributed by atoms with Crippen molar-refractivity contribution in [2.45, 2.75) is 0 Å². The summed E-state index contributed by atoms with van der Waals surface area (Å²) in [6.45, 7) is 0. The Labute approximate surface area is 117 Å². The molecule has 92 valence electrons. The molecule has 0 aliphatic heterocycles. The van der Waals surface area contributed by atoms with Crippen LogP contribution in [0.2, 0.25) is 0 Å². The molecule has 0 unspecified atom stereocenters. The number of hydrogen-bond acceptors (Lipinski definition) is 5. The quantitative estimate of drug-likeness (QED) is 0.625. The summed E-state index contributed by atoms with van der Waals surface area (Å²) in [5.41, 5.74) is 0.146. The van der Waals surface area contributed by atoms with Crippen molar-refractivity contribution in [3.63, 3.8) is 0 Å². The Balaban J connectivity index is 2.13. The standard InChI is InChI=1S/C12H9IN2O3/c1-17-12(16)10-6-15-11(7-14-10)18-9-4-2-3-8(13)5-9/h2-7H,1H3. The van der Waals surface area contributed by atoms with Gasteiger partial charge in [0.25, 0.3) is 0 Å². The van der Waals surface area contributed by atoms with Gasteiger partial charge in [0, 0.05) is 3.57 Å². The van der Waals surface area contributed by atoms with E-state index in [1.807, 2.05) is 24.3 Å². The Morgan fingerprint density at radius 2 is 2.11 bits per heavy atom. The largest absolute Gasteiger partial charge is 0.464 e. The van der Waals surface area contributed by atoms with E-state index in [1.165, 1.54) is 19.5 Å². The summed E-state index contributed by atoms with van der Waals surface area (Å²) < 4.78 is 11.1.